The molecule has 0 saturated heterocycles. The standard InChI is InChI=1S/C20H30O/c1-13-5-4-6-14-7-8-15-16-9-10-18(21)19(16,2)12-11-17(15)20(13,14)3/h7,13,15-17H,4-6,8-12H2,1-3H3/t13?,15-,16-,17+,19-,20-/m0/s1. The molecule has 4 aliphatic rings. The van der Waals surface area contributed by atoms with Crippen molar-refractivity contribution in [3.05, 3.63) is 11.6 Å². The molecular formula is C20H30O. The monoisotopic (exact) mass is 286 g/mol. The molecule has 0 aromatic rings. The first kappa shape index (κ1) is 14.0. The molecule has 0 bridgehead atoms. The van der Waals surface area contributed by atoms with Crippen LogP contribution in [0.15, 0.2) is 11.6 Å². The lowest BCUT2D eigenvalue weighted by Crippen LogP contribution is -2.51. The fourth-order valence-electron chi connectivity index (χ4n) is 6.82. The average molecular weight is 286 g/mol. The van der Waals surface area contributed by atoms with Crippen LogP contribution in [0.4, 0.5) is 0 Å². The number of carbonyl (C=O) groups is 1. The Bertz CT molecular complexity index is 504. The number of rotatable bonds is 0. The SMILES string of the molecule is CC1CCCC2=CC[C@@H]3[C@@H](CC[C@]4(C)C(=O)CC[C@@H]34)[C@]21C. The summed E-state index contributed by atoms with van der Waals surface area (Å²) in [4.78, 5) is 12.4. The smallest absolute Gasteiger partial charge is 0.139 e. The molecule has 0 aliphatic heterocycles. The second kappa shape index (κ2) is 4.46. The van der Waals surface area contributed by atoms with Gasteiger partial charge in [-0.05, 0) is 74.0 Å². The van der Waals surface area contributed by atoms with Crippen LogP contribution in [0.5, 0.6) is 0 Å². The predicted octanol–water partition coefficient (Wildman–Crippen LogP) is 5.15. The Labute approximate surface area is 129 Å². The third-order valence-electron chi connectivity index (χ3n) is 8.35. The highest BCUT2D eigenvalue weighted by Crippen LogP contribution is 2.65. The summed E-state index contributed by atoms with van der Waals surface area (Å²) in [6.07, 6.45) is 12.5. The molecule has 1 heteroatoms. The summed E-state index contributed by atoms with van der Waals surface area (Å²) >= 11 is 0. The van der Waals surface area contributed by atoms with Crippen molar-refractivity contribution in [1.82, 2.24) is 0 Å². The zero-order chi connectivity index (χ0) is 14.8. The van der Waals surface area contributed by atoms with Gasteiger partial charge in [0.2, 0.25) is 0 Å². The third kappa shape index (κ3) is 1.67. The van der Waals surface area contributed by atoms with Gasteiger partial charge in [0.1, 0.15) is 5.78 Å². The van der Waals surface area contributed by atoms with Crippen molar-refractivity contribution < 1.29 is 4.79 Å². The molecule has 1 unspecified atom stereocenters. The van der Waals surface area contributed by atoms with E-state index in [1.54, 1.807) is 5.57 Å². The summed E-state index contributed by atoms with van der Waals surface area (Å²) in [5, 5.41) is 0. The van der Waals surface area contributed by atoms with E-state index in [2.05, 4.69) is 26.8 Å². The first-order valence-electron chi connectivity index (χ1n) is 9.20. The maximum Gasteiger partial charge on any atom is 0.139 e. The lowest BCUT2D eigenvalue weighted by atomic mass is 9.46. The lowest BCUT2D eigenvalue weighted by Gasteiger charge is -2.58. The molecule has 0 aromatic heterocycles. The van der Waals surface area contributed by atoms with Crippen molar-refractivity contribution in [2.24, 2.45) is 34.5 Å². The molecule has 0 spiro atoms. The van der Waals surface area contributed by atoms with Crippen molar-refractivity contribution in [1.29, 1.82) is 0 Å². The molecule has 3 saturated carbocycles. The highest BCUT2D eigenvalue weighted by molar-refractivity contribution is 5.87. The predicted molar refractivity (Wildman–Crippen MR) is 85.9 cm³/mol. The Morgan fingerprint density at radius 2 is 1.90 bits per heavy atom. The second-order valence-electron chi connectivity index (χ2n) is 8.84. The van der Waals surface area contributed by atoms with Crippen LogP contribution < -0.4 is 0 Å². The summed E-state index contributed by atoms with van der Waals surface area (Å²) < 4.78 is 0. The minimum atomic E-state index is 0.0285. The van der Waals surface area contributed by atoms with Crippen molar-refractivity contribution in [2.75, 3.05) is 0 Å². The van der Waals surface area contributed by atoms with Crippen molar-refractivity contribution >= 4 is 5.78 Å². The van der Waals surface area contributed by atoms with E-state index in [1.807, 2.05) is 0 Å². The minimum Gasteiger partial charge on any atom is -0.299 e. The number of hydrogen-bond donors (Lipinski definition) is 0. The molecule has 6 atom stereocenters. The van der Waals surface area contributed by atoms with E-state index in [0.29, 0.717) is 17.1 Å². The topological polar surface area (TPSA) is 17.1 Å². The van der Waals surface area contributed by atoms with Gasteiger partial charge in [0, 0.05) is 11.8 Å². The minimum absolute atomic E-state index is 0.0285. The van der Waals surface area contributed by atoms with Gasteiger partial charge in [-0.25, -0.2) is 0 Å². The molecule has 0 amide bonds. The van der Waals surface area contributed by atoms with Gasteiger partial charge >= 0.3 is 0 Å². The maximum absolute atomic E-state index is 12.4. The fraction of sp³-hybridized carbons (Fsp3) is 0.850. The Balaban J connectivity index is 1.74. The number of fused-ring (bicyclic) bond motifs is 5. The first-order valence-corrected chi connectivity index (χ1v) is 9.20. The molecule has 3 fully saturated rings. The zero-order valence-corrected chi connectivity index (χ0v) is 14.0. The number of Topliss-reactive ketones (excluding diaryl/α,β-unsaturated/α-hetero) is 1. The maximum atomic E-state index is 12.4. The van der Waals surface area contributed by atoms with Crippen molar-refractivity contribution in [3.63, 3.8) is 0 Å². The van der Waals surface area contributed by atoms with Gasteiger partial charge in [-0.1, -0.05) is 32.4 Å². The van der Waals surface area contributed by atoms with Gasteiger partial charge in [-0.3, -0.25) is 4.79 Å². The molecule has 4 aliphatic carbocycles. The third-order valence-corrected chi connectivity index (χ3v) is 8.35. The Morgan fingerprint density at radius 3 is 2.71 bits per heavy atom. The van der Waals surface area contributed by atoms with E-state index in [9.17, 15) is 4.79 Å². The molecule has 0 N–H and O–H groups in total. The van der Waals surface area contributed by atoms with Gasteiger partial charge < -0.3 is 0 Å². The Morgan fingerprint density at radius 1 is 1.10 bits per heavy atom. The number of allylic oxidation sites excluding steroid dienone is 2. The number of ketones is 1. The lowest BCUT2D eigenvalue weighted by molar-refractivity contribution is -0.132. The highest BCUT2D eigenvalue weighted by Gasteiger charge is 2.59. The van der Waals surface area contributed by atoms with E-state index >= 15 is 0 Å². The normalized spacial score (nSPS) is 52.7. The summed E-state index contributed by atoms with van der Waals surface area (Å²) in [6, 6.07) is 0. The van der Waals surface area contributed by atoms with Crippen LogP contribution in [0.25, 0.3) is 0 Å². The van der Waals surface area contributed by atoms with Crippen LogP contribution in [-0.2, 0) is 4.79 Å². The van der Waals surface area contributed by atoms with Gasteiger partial charge in [0.05, 0.1) is 0 Å². The van der Waals surface area contributed by atoms with Crippen molar-refractivity contribution in [2.45, 2.75) is 72.1 Å². The van der Waals surface area contributed by atoms with Crippen LogP contribution in [0.2, 0.25) is 0 Å². The van der Waals surface area contributed by atoms with Crippen LogP contribution in [-0.4, -0.2) is 5.78 Å². The van der Waals surface area contributed by atoms with Gasteiger partial charge in [-0.2, -0.15) is 0 Å². The molecule has 0 radical (unpaired) electrons. The molecule has 0 aromatic carbocycles. The van der Waals surface area contributed by atoms with E-state index in [1.165, 1.54) is 38.5 Å². The molecule has 21 heavy (non-hydrogen) atoms. The fourth-order valence-corrected chi connectivity index (χ4v) is 6.82. The summed E-state index contributed by atoms with van der Waals surface area (Å²) in [5.74, 6) is 3.70. The molecule has 1 nitrogen and oxygen atoms in total. The second-order valence-corrected chi connectivity index (χ2v) is 8.84. The Hall–Kier alpha value is -0.590. The molecular weight excluding hydrogens is 256 g/mol. The van der Waals surface area contributed by atoms with Gasteiger partial charge in [0.15, 0.2) is 0 Å². The first-order chi connectivity index (χ1) is 9.98. The van der Waals surface area contributed by atoms with E-state index in [0.717, 1.165) is 30.6 Å². The highest BCUT2D eigenvalue weighted by atomic mass is 16.1. The van der Waals surface area contributed by atoms with Crippen LogP contribution >= 0.6 is 0 Å². The van der Waals surface area contributed by atoms with Crippen molar-refractivity contribution in [3.8, 4) is 0 Å². The largest absolute Gasteiger partial charge is 0.299 e. The molecule has 0 heterocycles. The van der Waals surface area contributed by atoms with E-state index in [4.69, 9.17) is 0 Å². The van der Waals surface area contributed by atoms with Crippen LogP contribution in [0.3, 0.4) is 0 Å². The van der Waals surface area contributed by atoms with Gasteiger partial charge in [-0.15, -0.1) is 0 Å². The van der Waals surface area contributed by atoms with E-state index < -0.39 is 0 Å². The Kier molecular flexibility index (Phi) is 2.98. The summed E-state index contributed by atoms with van der Waals surface area (Å²) in [6.45, 7) is 7.34. The van der Waals surface area contributed by atoms with Crippen LogP contribution in [0.1, 0.15) is 72.1 Å². The number of carbonyl (C=O) groups excluding carboxylic acids is 1. The zero-order valence-electron chi connectivity index (χ0n) is 14.0. The average Bonchev–Trinajstić information content (AvgIpc) is 2.76. The number of hydrogen-bond acceptors (Lipinski definition) is 1. The summed E-state index contributed by atoms with van der Waals surface area (Å²) in [7, 11) is 0. The quantitative estimate of drug-likeness (QED) is 0.562. The van der Waals surface area contributed by atoms with Gasteiger partial charge in [0.25, 0.3) is 0 Å². The molecule has 4 rings (SSSR count). The van der Waals surface area contributed by atoms with E-state index in [-0.39, 0.29) is 5.41 Å². The van der Waals surface area contributed by atoms with Crippen LogP contribution in [0, 0.1) is 34.5 Å². The summed E-state index contributed by atoms with van der Waals surface area (Å²) in [5.41, 5.74) is 2.24. The molecule has 116 valence electrons.